The number of nitrogens with zero attached hydrogens (tertiary/aromatic N) is 2. The van der Waals surface area contributed by atoms with Crippen LogP contribution < -0.4 is 5.73 Å². The zero-order chi connectivity index (χ0) is 9.97. The highest BCUT2D eigenvalue weighted by Crippen LogP contribution is 2.23. The van der Waals surface area contributed by atoms with Crippen LogP contribution in [0.5, 0.6) is 0 Å². The minimum absolute atomic E-state index is 0.0782. The Hall–Kier alpha value is -1.26. The fourth-order valence-corrected chi connectivity index (χ4v) is 1.98. The summed E-state index contributed by atoms with van der Waals surface area (Å²) in [5, 5.41) is 0. The summed E-state index contributed by atoms with van der Waals surface area (Å²) in [6.45, 7) is 2.02. The second-order valence-electron chi connectivity index (χ2n) is 3.12. The summed E-state index contributed by atoms with van der Waals surface area (Å²) in [4.78, 5) is 5.12. The zero-order valence-electron chi connectivity index (χ0n) is 7.84. The third-order valence-electron chi connectivity index (χ3n) is 2.16. The first-order chi connectivity index (χ1) is 6.79. The molecule has 0 aliphatic carbocycles. The van der Waals surface area contributed by atoms with E-state index in [0.29, 0.717) is 0 Å². The van der Waals surface area contributed by atoms with Crippen LogP contribution in [0, 0.1) is 6.92 Å². The number of aryl methyl sites for hydroxylation is 1. The standard InChI is InChI=1S/C10H11N3S/c1-7-6-12-4-2-8(7)10(11)9-3-5-13-14-9/h2-6,10H,11H2,1H3. The quantitative estimate of drug-likeness (QED) is 0.814. The van der Waals surface area contributed by atoms with E-state index in [1.54, 1.807) is 12.4 Å². The van der Waals surface area contributed by atoms with Crippen molar-refractivity contribution in [2.24, 2.45) is 5.73 Å². The molecule has 1 atom stereocenters. The van der Waals surface area contributed by atoms with Crippen LogP contribution in [0.25, 0.3) is 0 Å². The third kappa shape index (κ3) is 1.66. The Morgan fingerprint density at radius 2 is 2.21 bits per heavy atom. The molecule has 0 saturated heterocycles. The van der Waals surface area contributed by atoms with Crippen molar-refractivity contribution in [3.63, 3.8) is 0 Å². The van der Waals surface area contributed by atoms with Crippen LogP contribution in [0.3, 0.4) is 0 Å². The first-order valence-corrected chi connectivity index (χ1v) is 5.13. The van der Waals surface area contributed by atoms with Crippen LogP contribution >= 0.6 is 11.5 Å². The lowest BCUT2D eigenvalue weighted by molar-refractivity contribution is 0.877. The Kier molecular flexibility index (Phi) is 2.56. The van der Waals surface area contributed by atoms with Crippen LogP contribution in [-0.2, 0) is 0 Å². The normalized spacial score (nSPS) is 12.7. The Balaban J connectivity index is 2.37. The number of rotatable bonds is 2. The number of aromatic nitrogens is 2. The zero-order valence-corrected chi connectivity index (χ0v) is 8.66. The van der Waals surface area contributed by atoms with Gasteiger partial charge in [-0.2, -0.15) is 0 Å². The summed E-state index contributed by atoms with van der Waals surface area (Å²) >= 11 is 1.44. The smallest absolute Gasteiger partial charge is 0.0665 e. The van der Waals surface area contributed by atoms with Gasteiger partial charge in [0, 0.05) is 23.5 Å². The summed E-state index contributed by atoms with van der Waals surface area (Å²) in [5.74, 6) is 0. The lowest BCUT2D eigenvalue weighted by Crippen LogP contribution is -2.11. The van der Waals surface area contributed by atoms with E-state index in [-0.39, 0.29) is 6.04 Å². The fourth-order valence-electron chi connectivity index (χ4n) is 1.37. The number of nitrogens with two attached hydrogens (primary N) is 1. The van der Waals surface area contributed by atoms with Crippen LogP contribution in [0.1, 0.15) is 22.0 Å². The molecule has 0 fully saturated rings. The Bertz CT molecular complexity index is 411. The summed E-state index contributed by atoms with van der Waals surface area (Å²) in [7, 11) is 0. The van der Waals surface area contributed by atoms with E-state index < -0.39 is 0 Å². The molecule has 14 heavy (non-hydrogen) atoms. The molecule has 3 nitrogen and oxygen atoms in total. The fraction of sp³-hybridized carbons (Fsp3) is 0.200. The van der Waals surface area contributed by atoms with E-state index in [0.717, 1.165) is 16.0 Å². The second kappa shape index (κ2) is 3.86. The lowest BCUT2D eigenvalue weighted by atomic mass is 10.0. The van der Waals surface area contributed by atoms with Crippen molar-refractivity contribution < 1.29 is 0 Å². The van der Waals surface area contributed by atoms with Gasteiger partial charge in [0.05, 0.1) is 6.04 Å². The molecule has 0 radical (unpaired) electrons. The van der Waals surface area contributed by atoms with E-state index in [1.807, 2.05) is 25.3 Å². The van der Waals surface area contributed by atoms with E-state index in [4.69, 9.17) is 5.73 Å². The van der Waals surface area contributed by atoms with E-state index in [9.17, 15) is 0 Å². The van der Waals surface area contributed by atoms with Gasteiger partial charge in [0.15, 0.2) is 0 Å². The topological polar surface area (TPSA) is 51.8 Å². The van der Waals surface area contributed by atoms with Gasteiger partial charge in [0.25, 0.3) is 0 Å². The summed E-state index contributed by atoms with van der Waals surface area (Å²) in [5.41, 5.74) is 8.34. The SMILES string of the molecule is Cc1cnccc1C(N)c1ccns1. The van der Waals surface area contributed by atoms with Gasteiger partial charge in [0.1, 0.15) is 0 Å². The van der Waals surface area contributed by atoms with Gasteiger partial charge in [-0.3, -0.25) is 4.98 Å². The molecule has 0 aliphatic rings. The minimum atomic E-state index is -0.0782. The largest absolute Gasteiger partial charge is 0.320 e. The van der Waals surface area contributed by atoms with E-state index in [2.05, 4.69) is 9.36 Å². The predicted molar refractivity (Wildman–Crippen MR) is 57.1 cm³/mol. The van der Waals surface area contributed by atoms with E-state index >= 15 is 0 Å². The van der Waals surface area contributed by atoms with Crippen molar-refractivity contribution in [1.29, 1.82) is 0 Å². The average Bonchev–Trinajstić information content (AvgIpc) is 2.70. The molecular formula is C10H11N3S. The highest BCUT2D eigenvalue weighted by molar-refractivity contribution is 7.05. The lowest BCUT2D eigenvalue weighted by Gasteiger charge is -2.11. The molecule has 1 unspecified atom stereocenters. The molecule has 72 valence electrons. The van der Waals surface area contributed by atoms with Crippen molar-refractivity contribution in [3.05, 3.63) is 46.7 Å². The molecule has 2 N–H and O–H groups in total. The highest BCUT2D eigenvalue weighted by Gasteiger charge is 2.12. The van der Waals surface area contributed by atoms with Crippen molar-refractivity contribution in [3.8, 4) is 0 Å². The van der Waals surface area contributed by atoms with Gasteiger partial charge >= 0.3 is 0 Å². The summed E-state index contributed by atoms with van der Waals surface area (Å²) in [6, 6.07) is 3.83. The predicted octanol–water partition coefficient (Wildman–Crippen LogP) is 1.89. The van der Waals surface area contributed by atoms with Crippen LogP contribution in [0.15, 0.2) is 30.7 Å². The molecule has 2 aromatic rings. The van der Waals surface area contributed by atoms with Crippen LogP contribution in [0.2, 0.25) is 0 Å². The maximum absolute atomic E-state index is 6.10. The van der Waals surface area contributed by atoms with E-state index in [1.165, 1.54) is 11.5 Å². The maximum Gasteiger partial charge on any atom is 0.0665 e. The molecule has 2 heterocycles. The van der Waals surface area contributed by atoms with Crippen LogP contribution in [0.4, 0.5) is 0 Å². The first-order valence-electron chi connectivity index (χ1n) is 4.35. The maximum atomic E-state index is 6.10. The Morgan fingerprint density at radius 1 is 1.36 bits per heavy atom. The molecule has 2 aromatic heterocycles. The highest BCUT2D eigenvalue weighted by atomic mass is 32.1. The molecule has 0 aromatic carbocycles. The molecule has 0 amide bonds. The van der Waals surface area contributed by atoms with Gasteiger partial charge in [-0.1, -0.05) is 0 Å². The molecule has 0 aliphatic heterocycles. The second-order valence-corrected chi connectivity index (χ2v) is 3.99. The first kappa shape index (κ1) is 9.30. The average molecular weight is 205 g/mol. The van der Waals surface area contributed by atoms with Crippen molar-refractivity contribution >= 4 is 11.5 Å². The molecule has 4 heteroatoms. The van der Waals surface area contributed by atoms with Gasteiger partial charge in [-0.05, 0) is 41.7 Å². The van der Waals surface area contributed by atoms with Gasteiger partial charge in [-0.15, -0.1) is 0 Å². The molecule has 0 bridgehead atoms. The number of hydrogen-bond donors (Lipinski definition) is 1. The molecule has 2 rings (SSSR count). The Labute approximate surface area is 86.8 Å². The number of hydrogen-bond acceptors (Lipinski definition) is 4. The van der Waals surface area contributed by atoms with Crippen molar-refractivity contribution in [1.82, 2.24) is 9.36 Å². The van der Waals surface area contributed by atoms with Gasteiger partial charge in [-0.25, -0.2) is 4.37 Å². The monoisotopic (exact) mass is 205 g/mol. The van der Waals surface area contributed by atoms with Gasteiger partial charge < -0.3 is 5.73 Å². The molecular weight excluding hydrogens is 194 g/mol. The van der Waals surface area contributed by atoms with Gasteiger partial charge in [0.2, 0.25) is 0 Å². The summed E-state index contributed by atoms with van der Waals surface area (Å²) < 4.78 is 4.04. The summed E-state index contributed by atoms with van der Waals surface area (Å²) in [6.07, 6.45) is 5.37. The third-order valence-corrected chi connectivity index (χ3v) is 2.99. The van der Waals surface area contributed by atoms with Crippen molar-refractivity contribution in [2.45, 2.75) is 13.0 Å². The molecule has 0 spiro atoms. The molecule has 0 saturated carbocycles. The minimum Gasteiger partial charge on any atom is -0.320 e. The van der Waals surface area contributed by atoms with Crippen LogP contribution in [-0.4, -0.2) is 9.36 Å². The Morgan fingerprint density at radius 3 is 2.86 bits per heavy atom. The number of pyridine rings is 1. The van der Waals surface area contributed by atoms with Crippen molar-refractivity contribution in [2.75, 3.05) is 0 Å².